The van der Waals surface area contributed by atoms with E-state index in [4.69, 9.17) is 10.5 Å². The molecule has 0 radical (unpaired) electrons. The molecule has 1 rings (SSSR count). The molecule has 1 aromatic rings. The lowest BCUT2D eigenvalue weighted by Gasteiger charge is -2.20. The van der Waals surface area contributed by atoms with Crippen molar-refractivity contribution in [2.45, 2.75) is 46.0 Å². The van der Waals surface area contributed by atoms with Crippen LogP contribution in [0.4, 0.5) is 5.69 Å². The first-order valence-electron chi connectivity index (χ1n) is 5.98. The first-order chi connectivity index (χ1) is 7.45. The molecule has 0 spiro atoms. The lowest BCUT2D eigenvalue weighted by Crippen LogP contribution is -2.11. The van der Waals surface area contributed by atoms with Gasteiger partial charge in [0, 0.05) is 0 Å². The summed E-state index contributed by atoms with van der Waals surface area (Å²) in [6.07, 6.45) is 2.21. The summed E-state index contributed by atoms with van der Waals surface area (Å²) in [6.45, 7) is 9.43. The fraction of sp³-hybridized carbons (Fsp3) is 0.571. The highest BCUT2D eigenvalue weighted by Crippen LogP contribution is 2.29. The number of hydrogen-bond acceptors (Lipinski definition) is 2. The van der Waals surface area contributed by atoms with E-state index in [1.807, 2.05) is 12.1 Å². The molecule has 0 atom stereocenters. The highest BCUT2D eigenvalue weighted by molar-refractivity contribution is 5.55. The van der Waals surface area contributed by atoms with Gasteiger partial charge in [-0.3, -0.25) is 0 Å². The summed E-state index contributed by atoms with van der Waals surface area (Å²) in [4.78, 5) is 0. The van der Waals surface area contributed by atoms with Crippen molar-refractivity contribution < 1.29 is 4.74 Å². The number of hydrogen-bond donors (Lipinski definition) is 1. The van der Waals surface area contributed by atoms with Gasteiger partial charge in [-0.05, 0) is 29.5 Å². The summed E-state index contributed by atoms with van der Waals surface area (Å²) in [5, 5.41) is 0. The molecule has 0 bridgehead atoms. The van der Waals surface area contributed by atoms with Crippen LogP contribution in [0, 0.1) is 0 Å². The fourth-order valence-electron chi connectivity index (χ4n) is 1.47. The summed E-state index contributed by atoms with van der Waals surface area (Å²) in [7, 11) is 0. The first-order valence-corrected chi connectivity index (χ1v) is 5.98. The Morgan fingerprint density at radius 1 is 1.25 bits per heavy atom. The van der Waals surface area contributed by atoms with Gasteiger partial charge in [-0.1, -0.05) is 40.2 Å². The maximum absolute atomic E-state index is 5.98. The van der Waals surface area contributed by atoms with Crippen LogP contribution in [0.3, 0.4) is 0 Å². The number of nitrogens with two attached hydrogens (primary N) is 1. The number of nitrogen functional groups attached to an aromatic ring is 1. The minimum Gasteiger partial charge on any atom is -0.491 e. The predicted octanol–water partition coefficient (Wildman–Crippen LogP) is 3.75. The molecular formula is C14H23NO. The van der Waals surface area contributed by atoms with E-state index in [0.29, 0.717) is 0 Å². The van der Waals surface area contributed by atoms with Crippen molar-refractivity contribution in [3.8, 4) is 5.75 Å². The Labute approximate surface area is 98.8 Å². The van der Waals surface area contributed by atoms with E-state index in [2.05, 4.69) is 33.8 Å². The van der Waals surface area contributed by atoms with Gasteiger partial charge in [0.25, 0.3) is 0 Å². The van der Waals surface area contributed by atoms with Crippen molar-refractivity contribution in [2.75, 3.05) is 12.3 Å². The molecular weight excluding hydrogens is 198 g/mol. The van der Waals surface area contributed by atoms with Gasteiger partial charge >= 0.3 is 0 Å². The van der Waals surface area contributed by atoms with Gasteiger partial charge in [-0.25, -0.2) is 0 Å². The van der Waals surface area contributed by atoms with Crippen molar-refractivity contribution in [1.82, 2.24) is 0 Å². The van der Waals surface area contributed by atoms with Crippen LogP contribution in [0.15, 0.2) is 18.2 Å². The molecule has 0 saturated carbocycles. The molecule has 2 heteroatoms. The van der Waals surface area contributed by atoms with Gasteiger partial charge < -0.3 is 10.5 Å². The second-order valence-electron chi connectivity index (χ2n) is 5.20. The Kier molecular flexibility index (Phi) is 4.22. The zero-order chi connectivity index (χ0) is 12.2. The number of benzene rings is 1. The molecule has 0 aliphatic heterocycles. The van der Waals surface area contributed by atoms with Crippen molar-refractivity contribution >= 4 is 5.69 Å². The van der Waals surface area contributed by atoms with Crippen LogP contribution >= 0.6 is 0 Å². The summed E-state index contributed by atoms with van der Waals surface area (Å²) < 4.78 is 5.62. The van der Waals surface area contributed by atoms with E-state index in [0.717, 1.165) is 30.9 Å². The van der Waals surface area contributed by atoms with Crippen LogP contribution in [-0.4, -0.2) is 6.61 Å². The lowest BCUT2D eigenvalue weighted by atomic mass is 9.87. The molecule has 2 N–H and O–H groups in total. The summed E-state index contributed by atoms with van der Waals surface area (Å²) in [5.74, 6) is 0.807. The van der Waals surface area contributed by atoms with Gasteiger partial charge in [0.1, 0.15) is 5.75 Å². The van der Waals surface area contributed by atoms with Gasteiger partial charge in [0.15, 0.2) is 0 Å². The molecule has 0 saturated heterocycles. The molecule has 16 heavy (non-hydrogen) atoms. The largest absolute Gasteiger partial charge is 0.491 e. The Morgan fingerprint density at radius 3 is 2.44 bits per heavy atom. The summed E-state index contributed by atoms with van der Waals surface area (Å²) in [6, 6.07) is 6.09. The lowest BCUT2D eigenvalue weighted by molar-refractivity contribution is 0.311. The normalized spacial score (nSPS) is 11.5. The number of unbranched alkanes of at least 4 members (excludes halogenated alkanes) is 1. The third-order valence-corrected chi connectivity index (χ3v) is 2.63. The molecule has 0 fully saturated rings. The van der Waals surface area contributed by atoms with Crippen molar-refractivity contribution in [3.63, 3.8) is 0 Å². The van der Waals surface area contributed by atoms with Gasteiger partial charge in [0.2, 0.25) is 0 Å². The zero-order valence-corrected chi connectivity index (χ0v) is 10.8. The second kappa shape index (κ2) is 5.24. The van der Waals surface area contributed by atoms with E-state index < -0.39 is 0 Å². The Balaban J connectivity index is 2.76. The molecule has 0 aliphatic rings. The smallest absolute Gasteiger partial charge is 0.142 e. The predicted molar refractivity (Wildman–Crippen MR) is 70.0 cm³/mol. The van der Waals surface area contributed by atoms with Gasteiger partial charge in [0.05, 0.1) is 12.3 Å². The van der Waals surface area contributed by atoms with Crippen LogP contribution in [0.5, 0.6) is 5.75 Å². The van der Waals surface area contributed by atoms with E-state index >= 15 is 0 Å². The Hall–Kier alpha value is -1.18. The molecule has 2 nitrogen and oxygen atoms in total. The van der Waals surface area contributed by atoms with Crippen molar-refractivity contribution in [2.24, 2.45) is 0 Å². The minimum absolute atomic E-state index is 0.135. The Morgan fingerprint density at radius 2 is 1.94 bits per heavy atom. The van der Waals surface area contributed by atoms with Crippen molar-refractivity contribution in [3.05, 3.63) is 23.8 Å². The first kappa shape index (κ1) is 12.9. The Bertz CT molecular complexity index is 339. The van der Waals surface area contributed by atoms with Crippen molar-refractivity contribution in [1.29, 1.82) is 0 Å². The average Bonchev–Trinajstić information content (AvgIpc) is 2.19. The molecule has 0 amide bonds. The summed E-state index contributed by atoms with van der Waals surface area (Å²) >= 11 is 0. The second-order valence-corrected chi connectivity index (χ2v) is 5.20. The van der Waals surface area contributed by atoms with Crippen LogP contribution in [0.1, 0.15) is 46.1 Å². The molecule has 0 heterocycles. The zero-order valence-electron chi connectivity index (χ0n) is 10.8. The molecule has 90 valence electrons. The third kappa shape index (κ3) is 3.44. The van der Waals surface area contributed by atoms with Crippen LogP contribution in [0.25, 0.3) is 0 Å². The van der Waals surface area contributed by atoms with Crippen LogP contribution in [0.2, 0.25) is 0 Å². The summed E-state index contributed by atoms with van der Waals surface area (Å²) in [5.41, 5.74) is 8.09. The quantitative estimate of drug-likeness (QED) is 0.621. The molecule has 1 aromatic carbocycles. The average molecular weight is 221 g/mol. The van der Waals surface area contributed by atoms with E-state index in [9.17, 15) is 0 Å². The van der Waals surface area contributed by atoms with E-state index in [-0.39, 0.29) is 5.41 Å². The third-order valence-electron chi connectivity index (χ3n) is 2.63. The monoisotopic (exact) mass is 221 g/mol. The number of ether oxygens (including phenoxy) is 1. The van der Waals surface area contributed by atoms with Gasteiger partial charge in [-0.15, -0.1) is 0 Å². The SMILES string of the molecule is CCCCOc1ccc(C(C)(C)C)cc1N. The van der Waals surface area contributed by atoms with Crippen LogP contribution < -0.4 is 10.5 Å². The molecule has 0 unspecified atom stereocenters. The number of anilines is 1. The van der Waals surface area contributed by atoms with E-state index in [1.165, 1.54) is 5.56 Å². The maximum atomic E-state index is 5.98. The molecule has 0 aliphatic carbocycles. The van der Waals surface area contributed by atoms with E-state index in [1.54, 1.807) is 0 Å². The number of rotatable bonds is 4. The standard InChI is InChI=1S/C14H23NO/c1-5-6-9-16-13-8-7-11(10-12(13)15)14(2,3)4/h7-8,10H,5-6,9,15H2,1-4H3. The van der Waals surface area contributed by atoms with Gasteiger partial charge in [-0.2, -0.15) is 0 Å². The fourth-order valence-corrected chi connectivity index (χ4v) is 1.47. The minimum atomic E-state index is 0.135. The molecule has 0 aromatic heterocycles. The topological polar surface area (TPSA) is 35.2 Å². The highest BCUT2D eigenvalue weighted by Gasteiger charge is 2.14. The highest BCUT2D eigenvalue weighted by atomic mass is 16.5. The maximum Gasteiger partial charge on any atom is 0.142 e. The van der Waals surface area contributed by atoms with Crippen LogP contribution in [-0.2, 0) is 5.41 Å².